The Balaban J connectivity index is 1.41. The summed E-state index contributed by atoms with van der Waals surface area (Å²) < 4.78 is 5.06. The summed E-state index contributed by atoms with van der Waals surface area (Å²) >= 11 is 0. The Kier molecular flexibility index (Phi) is 4.30. The van der Waals surface area contributed by atoms with E-state index in [1.165, 1.54) is 10.7 Å². The molecule has 0 bridgehead atoms. The average Bonchev–Trinajstić information content (AvgIpc) is 3.48. The third kappa shape index (κ3) is 2.96. The number of nitrogens with zero attached hydrogens (tertiary/aromatic N) is 9. The fraction of sp³-hybridized carbons (Fsp3) is 0.0800. The molecule has 0 aliphatic rings. The normalized spacial score (nSPS) is 11.7. The van der Waals surface area contributed by atoms with Crippen molar-refractivity contribution in [2.24, 2.45) is 0 Å². The van der Waals surface area contributed by atoms with Crippen LogP contribution in [0.4, 0.5) is 11.6 Å². The number of para-hydroxylation sites is 1. The monoisotopic (exact) mass is 474 g/mol. The van der Waals surface area contributed by atoms with Crippen molar-refractivity contribution in [3.63, 3.8) is 0 Å². The molecule has 7 aromatic rings. The van der Waals surface area contributed by atoms with Crippen LogP contribution in [0.3, 0.4) is 0 Å². The summed E-state index contributed by atoms with van der Waals surface area (Å²) in [6.07, 6.45) is 6.60. The quantitative estimate of drug-likeness (QED) is 0.412. The fourth-order valence-corrected chi connectivity index (χ4v) is 4.47. The summed E-state index contributed by atoms with van der Waals surface area (Å²) in [7, 11) is 0. The summed E-state index contributed by atoms with van der Waals surface area (Å²) in [5, 5.41) is 9.75. The first-order valence-corrected chi connectivity index (χ1v) is 11.4. The van der Waals surface area contributed by atoms with Gasteiger partial charge in [-0.15, -0.1) is 0 Å². The minimum Gasteiger partial charge on any atom is -0.324 e. The van der Waals surface area contributed by atoms with Crippen molar-refractivity contribution in [1.29, 1.82) is 0 Å². The lowest BCUT2D eigenvalue weighted by atomic mass is 10.2. The maximum Gasteiger partial charge on any atom is 0.284 e. The first kappa shape index (κ1) is 20.2. The second-order valence-electron chi connectivity index (χ2n) is 8.22. The summed E-state index contributed by atoms with van der Waals surface area (Å²) in [4.78, 5) is 36.1. The topological polar surface area (TPSA) is 121 Å². The highest BCUT2D eigenvalue weighted by Gasteiger charge is 2.19. The minimum absolute atomic E-state index is 0.289. The number of aryl methyl sites for hydroxylation is 1. The van der Waals surface area contributed by atoms with Gasteiger partial charge in [0.15, 0.2) is 11.3 Å². The predicted octanol–water partition coefficient (Wildman–Crippen LogP) is 3.48. The first-order valence-electron chi connectivity index (χ1n) is 11.4. The van der Waals surface area contributed by atoms with Gasteiger partial charge in [-0.1, -0.05) is 12.1 Å². The van der Waals surface area contributed by atoms with Gasteiger partial charge < -0.3 is 5.32 Å². The largest absolute Gasteiger partial charge is 0.324 e. The zero-order valence-corrected chi connectivity index (χ0v) is 19.1. The lowest BCUT2D eigenvalue weighted by Crippen LogP contribution is -2.22. The van der Waals surface area contributed by atoms with Crippen LogP contribution in [0.15, 0.2) is 78.1 Å². The Labute approximate surface area is 202 Å². The Morgan fingerprint density at radius 2 is 1.75 bits per heavy atom. The molecule has 5 aromatic heterocycles. The van der Waals surface area contributed by atoms with Crippen LogP contribution in [0.25, 0.3) is 44.4 Å². The number of nitrogens with one attached hydrogen (secondary N) is 1. The molecule has 2 aromatic carbocycles. The molecule has 0 aliphatic heterocycles. The first-order chi connectivity index (χ1) is 17.7. The van der Waals surface area contributed by atoms with Crippen molar-refractivity contribution < 1.29 is 0 Å². The molecule has 174 valence electrons. The number of aromatic nitrogens is 9. The van der Waals surface area contributed by atoms with E-state index >= 15 is 0 Å². The van der Waals surface area contributed by atoms with Crippen molar-refractivity contribution in [2.45, 2.75) is 13.5 Å². The molecule has 0 unspecified atom stereocenters. The minimum atomic E-state index is -0.307. The molecule has 0 saturated carbocycles. The van der Waals surface area contributed by atoms with Crippen LogP contribution in [0, 0.1) is 0 Å². The predicted molar refractivity (Wildman–Crippen MR) is 136 cm³/mol. The van der Waals surface area contributed by atoms with Gasteiger partial charge in [-0.25, -0.2) is 24.6 Å². The molecule has 0 amide bonds. The Bertz CT molecular complexity index is 1990. The summed E-state index contributed by atoms with van der Waals surface area (Å²) in [6.45, 7) is 2.82. The van der Waals surface area contributed by atoms with E-state index in [9.17, 15) is 4.79 Å². The van der Waals surface area contributed by atoms with Crippen LogP contribution in [0.5, 0.6) is 0 Å². The molecule has 36 heavy (non-hydrogen) atoms. The van der Waals surface area contributed by atoms with Gasteiger partial charge in [0.25, 0.3) is 5.56 Å². The lowest BCUT2D eigenvalue weighted by molar-refractivity contribution is 0.684. The van der Waals surface area contributed by atoms with Crippen LogP contribution in [-0.2, 0) is 6.54 Å². The zero-order valence-electron chi connectivity index (χ0n) is 19.1. The lowest BCUT2D eigenvalue weighted by Gasteiger charge is -2.08. The molecular weight excluding hydrogens is 456 g/mol. The number of hydrogen-bond acceptors (Lipinski definition) is 8. The number of fused-ring (bicyclic) bond motifs is 5. The highest BCUT2D eigenvalue weighted by molar-refractivity contribution is 5.95. The number of benzene rings is 2. The molecule has 11 heteroatoms. The van der Waals surface area contributed by atoms with Crippen LogP contribution in [0.2, 0.25) is 0 Å². The zero-order chi connectivity index (χ0) is 24.2. The second kappa shape index (κ2) is 7.67. The SMILES string of the molecule is CCn1ncc2ccc(Nc3ncc4c(=O)n5c(nc4n3)c3ccccc3n5-c3ncccn3)cc21. The maximum absolute atomic E-state index is 13.6. The Morgan fingerprint density at radius 3 is 2.61 bits per heavy atom. The molecule has 11 nitrogen and oxygen atoms in total. The van der Waals surface area contributed by atoms with Gasteiger partial charge in [-0.3, -0.25) is 9.48 Å². The molecule has 5 heterocycles. The third-order valence-corrected chi connectivity index (χ3v) is 6.12. The van der Waals surface area contributed by atoms with E-state index < -0.39 is 0 Å². The second-order valence-corrected chi connectivity index (χ2v) is 8.22. The van der Waals surface area contributed by atoms with Crippen molar-refractivity contribution in [1.82, 2.24) is 43.9 Å². The van der Waals surface area contributed by atoms with Gasteiger partial charge in [0.05, 0.1) is 17.2 Å². The Morgan fingerprint density at radius 1 is 0.889 bits per heavy atom. The number of anilines is 2. The van der Waals surface area contributed by atoms with E-state index in [-0.39, 0.29) is 10.9 Å². The summed E-state index contributed by atoms with van der Waals surface area (Å²) in [6, 6.07) is 15.3. The molecule has 0 atom stereocenters. The molecular formula is C25H18N10O. The van der Waals surface area contributed by atoms with Crippen LogP contribution < -0.4 is 10.9 Å². The van der Waals surface area contributed by atoms with Gasteiger partial charge in [0, 0.05) is 41.6 Å². The molecule has 0 fully saturated rings. The number of rotatable bonds is 4. The van der Waals surface area contributed by atoms with Crippen LogP contribution >= 0.6 is 0 Å². The van der Waals surface area contributed by atoms with Gasteiger partial charge >= 0.3 is 0 Å². The molecule has 0 radical (unpaired) electrons. The third-order valence-electron chi connectivity index (χ3n) is 6.12. The standard InChI is InChI=1S/C25H18N10O/c1-2-33-20-12-16(9-8-15(20)13-29-33)30-24-28-14-18-21(32-24)31-22-17-6-3-4-7-19(17)34(35(22)23(18)36)25-26-10-5-11-27-25/h3-14H,2H2,1H3,(H,28,30,32). The van der Waals surface area contributed by atoms with E-state index in [1.807, 2.05) is 60.3 Å². The van der Waals surface area contributed by atoms with Crippen molar-refractivity contribution in [2.75, 3.05) is 5.32 Å². The fourth-order valence-electron chi connectivity index (χ4n) is 4.47. The highest BCUT2D eigenvalue weighted by atomic mass is 16.1. The van der Waals surface area contributed by atoms with E-state index in [1.54, 1.807) is 23.1 Å². The van der Waals surface area contributed by atoms with Gasteiger partial charge in [-0.2, -0.15) is 14.6 Å². The van der Waals surface area contributed by atoms with Gasteiger partial charge in [0.2, 0.25) is 11.9 Å². The summed E-state index contributed by atoms with van der Waals surface area (Å²) in [5.41, 5.74) is 3.04. The van der Waals surface area contributed by atoms with E-state index in [2.05, 4.69) is 30.4 Å². The van der Waals surface area contributed by atoms with Crippen molar-refractivity contribution in [3.05, 3.63) is 83.7 Å². The molecule has 0 saturated heterocycles. The van der Waals surface area contributed by atoms with Crippen LogP contribution in [0.1, 0.15) is 6.92 Å². The van der Waals surface area contributed by atoms with Crippen LogP contribution in [-0.4, -0.2) is 43.9 Å². The molecule has 0 aliphatic carbocycles. The number of hydrogen-bond donors (Lipinski definition) is 1. The van der Waals surface area contributed by atoms with E-state index in [0.29, 0.717) is 23.2 Å². The molecule has 7 rings (SSSR count). The highest BCUT2D eigenvalue weighted by Crippen LogP contribution is 2.24. The summed E-state index contributed by atoms with van der Waals surface area (Å²) in [5.74, 6) is 0.712. The van der Waals surface area contributed by atoms with E-state index in [4.69, 9.17) is 4.98 Å². The van der Waals surface area contributed by atoms with Gasteiger partial charge in [-0.05, 0) is 43.3 Å². The Hall–Kier alpha value is -5.19. The molecule has 1 N–H and O–H groups in total. The average molecular weight is 474 g/mol. The maximum atomic E-state index is 13.6. The van der Waals surface area contributed by atoms with Crippen molar-refractivity contribution in [3.8, 4) is 5.95 Å². The smallest absolute Gasteiger partial charge is 0.284 e. The van der Waals surface area contributed by atoms with Crippen molar-refractivity contribution >= 4 is 50.1 Å². The van der Waals surface area contributed by atoms with Gasteiger partial charge in [0.1, 0.15) is 5.39 Å². The van der Waals surface area contributed by atoms with E-state index in [0.717, 1.165) is 34.0 Å². The molecule has 0 spiro atoms.